The number of anilines is 1. The third-order valence-electron chi connectivity index (χ3n) is 4.85. The molecule has 2 fully saturated rings. The van der Waals surface area contributed by atoms with E-state index in [1.165, 1.54) is 5.56 Å². The zero-order valence-corrected chi connectivity index (χ0v) is 14.2. The van der Waals surface area contributed by atoms with Crippen molar-refractivity contribution in [2.75, 3.05) is 51.7 Å². The summed E-state index contributed by atoms with van der Waals surface area (Å²) in [6, 6.07) is 7.92. The Kier molecular flexibility index (Phi) is 5.88. The van der Waals surface area contributed by atoms with E-state index in [2.05, 4.69) is 17.1 Å². The molecule has 0 aromatic heterocycles. The van der Waals surface area contributed by atoms with Crippen LogP contribution in [0.15, 0.2) is 30.3 Å². The van der Waals surface area contributed by atoms with Gasteiger partial charge in [0.1, 0.15) is 0 Å². The molecule has 24 heavy (non-hydrogen) atoms. The van der Waals surface area contributed by atoms with Crippen LogP contribution in [0.25, 0.3) is 6.08 Å². The number of piperidine rings is 1. The van der Waals surface area contributed by atoms with Crippen LogP contribution >= 0.6 is 0 Å². The molecule has 1 aromatic carbocycles. The number of nitrogen functional groups attached to an aromatic ring is 1. The van der Waals surface area contributed by atoms with Crippen molar-refractivity contribution in [1.29, 1.82) is 0 Å². The van der Waals surface area contributed by atoms with Crippen molar-refractivity contribution in [3.05, 3.63) is 35.9 Å². The van der Waals surface area contributed by atoms with E-state index in [9.17, 15) is 4.79 Å². The van der Waals surface area contributed by atoms with Crippen molar-refractivity contribution < 1.29 is 9.53 Å². The van der Waals surface area contributed by atoms with Gasteiger partial charge >= 0.3 is 0 Å². The lowest BCUT2D eigenvalue weighted by molar-refractivity contribution is -0.134. The number of rotatable bonds is 4. The van der Waals surface area contributed by atoms with Gasteiger partial charge in [0.25, 0.3) is 0 Å². The number of nitrogens with zero attached hydrogens (tertiary/aromatic N) is 2. The highest BCUT2D eigenvalue weighted by Gasteiger charge is 2.23. The molecule has 1 aromatic rings. The van der Waals surface area contributed by atoms with Crippen LogP contribution in [-0.2, 0) is 9.53 Å². The lowest BCUT2D eigenvalue weighted by atomic mass is 9.95. The number of carbonyl (C=O) groups is 1. The van der Waals surface area contributed by atoms with Crippen molar-refractivity contribution >= 4 is 17.7 Å². The molecule has 2 heterocycles. The molecule has 2 saturated heterocycles. The van der Waals surface area contributed by atoms with Crippen molar-refractivity contribution in [2.24, 2.45) is 5.92 Å². The highest BCUT2D eigenvalue weighted by Crippen LogP contribution is 2.20. The number of nitrogens with two attached hydrogens (primary N) is 1. The maximum Gasteiger partial charge on any atom is 0.236 e. The highest BCUT2D eigenvalue weighted by atomic mass is 16.5. The average molecular weight is 329 g/mol. The fourth-order valence-electron chi connectivity index (χ4n) is 3.25. The Morgan fingerprint density at radius 3 is 2.46 bits per heavy atom. The minimum Gasteiger partial charge on any atom is -0.399 e. The number of ether oxygens (including phenoxy) is 1. The van der Waals surface area contributed by atoms with E-state index in [-0.39, 0.29) is 5.91 Å². The van der Waals surface area contributed by atoms with Crippen LogP contribution in [0.4, 0.5) is 5.69 Å². The van der Waals surface area contributed by atoms with Crippen LogP contribution < -0.4 is 5.73 Å². The summed E-state index contributed by atoms with van der Waals surface area (Å²) >= 11 is 0. The molecule has 2 N–H and O–H groups in total. The van der Waals surface area contributed by atoms with Gasteiger partial charge in [-0.05, 0) is 36.5 Å². The molecular formula is C19H27N3O2. The Hall–Kier alpha value is -1.85. The second-order valence-corrected chi connectivity index (χ2v) is 6.63. The van der Waals surface area contributed by atoms with Gasteiger partial charge < -0.3 is 15.4 Å². The van der Waals surface area contributed by atoms with Crippen LogP contribution in [-0.4, -0.2) is 61.6 Å². The van der Waals surface area contributed by atoms with Gasteiger partial charge in [-0.15, -0.1) is 0 Å². The fourth-order valence-corrected chi connectivity index (χ4v) is 3.25. The molecule has 2 aliphatic rings. The Bertz CT molecular complexity index is 556. The first-order chi connectivity index (χ1) is 11.7. The molecule has 1 amide bonds. The maximum absolute atomic E-state index is 12.4. The van der Waals surface area contributed by atoms with Crippen molar-refractivity contribution in [2.45, 2.75) is 12.8 Å². The number of likely N-dealkylation sites (tertiary alicyclic amines) is 1. The Balaban J connectivity index is 1.43. The van der Waals surface area contributed by atoms with E-state index in [0.717, 1.165) is 57.9 Å². The monoisotopic (exact) mass is 329 g/mol. The van der Waals surface area contributed by atoms with Gasteiger partial charge in [0, 0.05) is 31.9 Å². The quantitative estimate of drug-likeness (QED) is 0.857. The van der Waals surface area contributed by atoms with E-state index < -0.39 is 0 Å². The number of benzene rings is 1. The summed E-state index contributed by atoms with van der Waals surface area (Å²) in [5, 5.41) is 0. The SMILES string of the molecule is Nc1ccc(C=CC2CCN(C(=O)CN3CCOCC3)CC2)cc1. The lowest BCUT2D eigenvalue weighted by Gasteiger charge is -2.33. The van der Waals surface area contributed by atoms with Crippen molar-refractivity contribution in [3.63, 3.8) is 0 Å². The van der Waals surface area contributed by atoms with E-state index >= 15 is 0 Å². The third kappa shape index (κ3) is 4.82. The molecule has 0 spiro atoms. The van der Waals surface area contributed by atoms with Crippen LogP contribution in [0, 0.1) is 5.92 Å². The number of hydrogen-bond acceptors (Lipinski definition) is 4. The summed E-state index contributed by atoms with van der Waals surface area (Å²) in [5.74, 6) is 0.813. The van der Waals surface area contributed by atoms with Gasteiger partial charge in [-0.25, -0.2) is 0 Å². The molecule has 0 bridgehead atoms. The predicted octanol–water partition coefficient (Wildman–Crippen LogP) is 1.85. The molecule has 3 rings (SSSR count). The summed E-state index contributed by atoms with van der Waals surface area (Å²) in [6.07, 6.45) is 6.52. The van der Waals surface area contributed by atoms with Crippen LogP contribution in [0.1, 0.15) is 18.4 Å². The smallest absolute Gasteiger partial charge is 0.236 e. The maximum atomic E-state index is 12.4. The molecule has 5 heteroatoms. The van der Waals surface area contributed by atoms with Crippen molar-refractivity contribution in [1.82, 2.24) is 9.80 Å². The molecule has 130 valence electrons. The van der Waals surface area contributed by atoms with Gasteiger partial charge in [0.15, 0.2) is 0 Å². The van der Waals surface area contributed by atoms with E-state index in [1.54, 1.807) is 0 Å². The molecule has 0 atom stereocenters. The number of morpholine rings is 1. The molecule has 5 nitrogen and oxygen atoms in total. The van der Waals surface area contributed by atoms with E-state index in [1.807, 2.05) is 29.2 Å². The van der Waals surface area contributed by atoms with Gasteiger partial charge in [0.2, 0.25) is 5.91 Å². The zero-order valence-electron chi connectivity index (χ0n) is 14.2. The minimum atomic E-state index is 0.262. The van der Waals surface area contributed by atoms with Gasteiger partial charge in [-0.2, -0.15) is 0 Å². The van der Waals surface area contributed by atoms with Crippen LogP contribution in [0.3, 0.4) is 0 Å². The Morgan fingerprint density at radius 2 is 1.79 bits per heavy atom. The second-order valence-electron chi connectivity index (χ2n) is 6.63. The van der Waals surface area contributed by atoms with Gasteiger partial charge in [0.05, 0.1) is 19.8 Å². The largest absolute Gasteiger partial charge is 0.399 e. The average Bonchev–Trinajstić information content (AvgIpc) is 2.62. The summed E-state index contributed by atoms with van der Waals surface area (Å²) < 4.78 is 5.33. The van der Waals surface area contributed by atoms with Gasteiger partial charge in [-0.3, -0.25) is 9.69 Å². The summed E-state index contributed by atoms with van der Waals surface area (Å²) in [7, 11) is 0. The van der Waals surface area contributed by atoms with Gasteiger partial charge in [-0.1, -0.05) is 24.3 Å². The summed E-state index contributed by atoms with van der Waals surface area (Å²) in [5.41, 5.74) is 7.67. The first-order valence-corrected chi connectivity index (χ1v) is 8.82. The number of carbonyl (C=O) groups excluding carboxylic acids is 1. The zero-order chi connectivity index (χ0) is 16.8. The normalized spacial score (nSPS) is 20.6. The second kappa shape index (κ2) is 8.31. The third-order valence-corrected chi connectivity index (χ3v) is 4.85. The number of hydrogen-bond donors (Lipinski definition) is 1. The Morgan fingerprint density at radius 1 is 1.12 bits per heavy atom. The Labute approximate surface area is 144 Å². The van der Waals surface area contributed by atoms with Crippen LogP contribution in [0.5, 0.6) is 0 Å². The molecule has 0 unspecified atom stereocenters. The van der Waals surface area contributed by atoms with E-state index in [4.69, 9.17) is 10.5 Å². The van der Waals surface area contributed by atoms with E-state index in [0.29, 0.717) is 12.5 Å². The highest BCUT2D eigenvalue weighted by molar-refractivity contribution is 5.78. The first-order valence-electron chi connectivity index (χ1n) is 8.82. The summed E-state index contributed by atoms with van der Waals surface area (Å²) in [4.78, 5) is 16.6. The molecule has 2 aliphatic heterocycles. The van der Waals surface area contributed by atoms with Crippen molar-refractivity contribution in [3.8, 4) is 0 Å². The number of amides is 1. The molecular weight excluding hydrogens is 302 g/mol. The lowest BCUT2D eigenvalue weighted by Crippen LogP contribution is -2.46. The summed E-state index contributed by atoms with van der Waals surface area (Å²) in [6.45, 7) is 5.48. The first kappa shape index (κ1) is 17.0. The van der Waals surface area contributed by atoms with Crippen LogP contribution in [0.2, 0.25) is 0 Å². The molecule has 0 radical (unpaired) electrons. The number of allylic oxidation sites excluding steroid dienone is 1. The topological polar surface area (TPSA) is 58.8 Å². The predicted molar refractivity (Wildman–Crippen MR) is 96.5 cm³/mol. The minimum absolute atomic E-state index is 0.262. The standard InChI is InChI=1S/C19H27N3O2/c20-18-5-3-16(4-6-18)1-2-17-7-9-22(10-8-17)19(23)15-21-11-13-24-14-12-21/h1-6,17H,7-15,20H2. The molecule has 0 saturated carbocycles. The fraction of sp³-hybridized carbons (Fsp3) is 0.526. The molecule has 0 aliphatic carbocycles.